The highest BCUT2D eigenvalue weighted by molar-refractivity contribution is 9.10. The Morgan fingerprint density at radius 3 is 2.77 bits per heavy atom. The van der Waals surface area contributed by atoms with Crippen LogP contribution in [0.2, 0.25) is 5.02 Å². The molecular formula is C19H16BrClFNO3. The van der Waals surface area contributed by atoms with E-state index in [4.69, 9.17) is 11.6 Å². The van der Waals surface area contributed by atoms with Gasteiger partial charge in [-0.15, -0.1) is 0 Å². The Labute approximate surface area is 163 Å². The summed E-state index contributed by atoms with van der Waals surface area (Å²) >= 11 is 9.13. The van der Waals surface area contributed by atoms with Gasteiger partial charge in [0.15, 0.2) is 5.78 Å². The number of hydrogen-bond acceptors (Lipinski definition) is 3. The number of carbonyl (C=O) groups excluding carboxylic acids is 2. The predicted octanol–water partition coefficient (Wildman–Crippen LogP) is 3.91. The molecule has 4 nitrogen and oxygen atoms in total. The fourth-order valence-corrected chi connectivity index (χ4v) is 3.64. The highest BCUT2D eigenvalue weighted by Gasteiger charge is 2.50. The number of ketones is 1. The molecule has 3 rings (SSSR count). The fourth-order valence-electron chi connectivity index (χ4n) is 3.02. The van der Waals surface area contributed by atoms with E-state index in [9.17, 15) is 19.1 Å². The summed E-state index contributed by atoms with van der Waals surface area (Å²) in [7, 11) is 0. The Kier molecular flexibility index (Phi) is 5.46. The van der Waals surface area contributed by atoms with Crippen LogP contribution in [0, 0.1) is 5.82 Å². The van der Waals surface area contributed by atoms with Gasteiger partial charge < -0.3 is 10.0 Å². The first kappa shape index (κ1) is 19.0. The van der Waals surface area contributed by atoms with Gasteiger partial charge in [-0.25, -0.2) is 4.39 Å². The van der Waals surface area contributed by atoms with Gasteiger partial charge in [0, 0.05) is 29.5 Å². The lowest BCUT2D eigenvalue weighted by atomic mass is 9.92. The maximum atomic E-state index is 13.3. The minimum atomic E-state index is -2.05. The molecule has 1 heterocycles. The molecule has 1 aliphatic rings. The second-order valence-corrected chi connectivity index (χ2v) is 7.54. The van der Waals surface area contributed by atoms with Crippen molar-refractivity contribution in [3.8, 4) is 0 Å². The van der Waals surface area contributed by atoms with E-state index in [1.807, 2.05) is 24.3 Å². The van der Waals surface area contributed by atoms with Crippen molar-refractivity contribution in [3.63, 3.8) is 0 Å². The number of rotatable bonds is 5. The molecule has 0 spiro atoms. The van der Waals surface area contributed by atoms with Gasteiger partial charge in [0.1, 0.15) is 5.82 Å². The molecule has 0 bridgehead atoms. The van der Waals surface area contributed by atoms with Crippen molar-refractivity contribution in [2.75, 3.05) is 11.4 Å². The van der Waals surface area contributed by atoms with E-state index in [2.05, 4.69) is 15.9 Å². The van der Waals surface area contributed by atoms with Gasteiger partial charge >= 0.3 is 0 Å². The number of halogens is 3. The summed E-state index contributed by atoms with van der Waals surface area (Å²) in [5.74, 6) is -1.81. The van der Waals surface area contributed by atoms with Gasteiger partial charge in [0.2, 0.25) is 5.60 Å². The molecule has 1 atom stereocenters. The van der Waals surface area contributed by atoms with E-state index in [1.54, 1.807) is 0 Å². The molecule has 26 heavy (non-hydrogen) atoms. The lowest BCUT2D eigenvalue weighted by Gasteiger charge is -2.21. The van der Waals surface area contributed by atoms with Crippen LogP contribution in [-0.2, 0) is 16.0 Å². The second-order valence-electron chi connectivity index (χ2n) is 6.22. The number of aliphatic hydroxyl groups is 1. The molecular weight excluding hydrogens is 425 g/mol. The van der Waals surface area contributed by atoms with Crippen LogP contribution >= 0.6 is 27.5 Å². The van der Waals surface area contributed by atoms with Gasteiger partial charge in [-0.1, -0.05) is 39.7 Å². The molecule has 1 N–H and O–H groups in total. The number of hydrogen-bond donors (Lipinski definition) is 1. The van der Waals surface area contributed by atoms with Crippen molar-refractivity contribution >= 4 is 44.9 Å². The van der Waals surface area contributed by atoms with E-state index in [-0.39, 0.29) is 24.4 Å². The SMILES string of the molecule is O=C(CCc1cccc(Br)c1)[C@@]1(O)CCN(c2ccc(F)c(Cl)c2)C1=O. The smallest absolute Gasteiger partial charge is 0.266 e. The molecule has 136 valence electrons. The molecule has 2 aromatic carbocycles. The zero-order valence-electron chi connectivity index (χ0n) is 13.7. The Hall–Kier alpha value is -1.76. The average molecular weight is 441 g/mol. The van der Waals surface area contributed by atoms with E-state index in [1.165, 1.54) is 17.0 Å². The molecule has 0 aliphatic carbocycles. The van der Waals surface area contributed by atoms with Crippen molar-refractivity contribution in [1.82, 2.24) is 0 Å². The van der Waals surface area contributed by atoms with Crippen LogP contribution in [0.3, 0.4) is 0 Å². The summed E-state index contributed by atoms with van der Waals surface area (Å²) in [6.45, 7) is 0.167. The Bertz CT molecular complexity index is 876. The quantitative estimate of drug-likeness (QED) is 0.717. The topological polar surface area (TPSA) is 57.6 Å². The molecule has 2 aromatic rings. The lowest BCUT2D eigenvalue weighted by molar-refractivity contribution is -0.147. The van der Waals surface area contributed by atoms with E-state index in [0.29, 0.717) is 12.1 Å². The molecule has 0 saturated carbocycles. The number of nitrogens with zero attached hydrogens (tertiary/aromatic N) is 1. The summed E-state index contributed by atoms with van der Waals surface area (Å²) in [5.41, 5.74) is -0.756. The summed E-state index contributed by atoms with van der Waals surface area (Å²) in [6.07, 6.45) is 0.477. The van der Waals surface area contributed by atoms with E-state index >= 15 is 0 Å². The Morgan fingerprint density at radius 2 is 2.08 bits per heavy atom. The minimum Gasteiger partial charge on any atom is -0.373 e. The average Bonchev–Trinajstić information content (AvgIpc) is 2.92. The summed E-state index contributed by atoms with van der Waals surface area (Å²) < 4.78 is 14.2. The first-order valence-electron chi connectivity index (χ1n) is 8.08. The van der Waals surface area contributed by atoms with Crippen molar-refractivity contribution in [3.05, 3.63) is 63.3 Å². The lowest BCUT2D eigenvalue weighted by Crippen LogP contribution is -2.47. The third-order valence-electron chi connectivity index (χ3n) is 4.50. The van der Waals surface area contributed by atoms with Crippen molar-refractivity contribution in [2.45, 2.75) is 24.9 Å². The van der Waals surface area contributed by atoms with Crippen LogP contribution in [0.4, 0.5) is 10.1 Å². The van der Waals surface area contributed by atoms with Gasteiger partial charge in [-0.3, -0.25) is 9.59 Å². The van der Waals surface area contributed by atoms with Crippen LogP contribution in [0.1, 0.15) is 18.4 Å². The van der Waals surface area contributed by atoms with Gasteiger partial charge in [0.25, 0.3) is 5.91 Å². The third kappa shape index (κ3) is 3.68. The number of aryl methyl sites for hydroxylation is 1. The molecule has 1 amide bonds. The number of Topliss-reactive ketones (excluding diaryl/α,β-unsaturated/α-hetero) is 1. The Balaban J connectivity index is 1.72. The third-order valence-corrected chi connectivity index (χ3v) is 5.28. The van der Waals surface area contributed by atoms with Gasteiger partial charge in [-0.2, -0.15) is 0 Å². The van der Waals surface area contributed by atoms with E-state index in [0.717, 1.165) is 16.1 Å². The predicted molar refractivity (Wildman–Crippen MR) is 101 cm³/mol. The zero-order chi connectivity index (χ0) is 18.9. The first-order chi connectivity index (χ1) is 12.3. The van der Waals surface area contributed by atoms with Crippen LogP contribution in [0.25, 0.3) is 0 Å². The monoisotopic (exact) mass is 439 g/mol. The van der Waals surface area contributed by atoms with Crippen molar-refractivity contribution < 1.29 is 19.1 Å². The van der Waals surface area contributed by atoms with E-state index < -0.39 is 23.1 Å². The fraction of sp³-hybridized carbons (Fsp3) is 0.263. The number of amides is 1. The standard InChI is InChI=1S/C19H16BrClFNO3/c20-13-3-1-2-12(10-13)4-7-17(24)19(26)8-9-23(18(19)25)14-5-6-16(22)15(21)11-14/h1-3,5-6,10-11,26H,4,7-9H2/t19-/m0/s1. The first-order valence-corrected chi connectivity index (χ1v) is 9.25. The number of anilines is 1. The summed E-state index contributed by atoms with van der Waals surface area (Å²) in [5, 5.41) is 10.5. The Morgan fingerprint density at radius 1 is 1.31 bits per heavy atom. The highest BCUT2D eigenvalue weighted by atomic mass is 79.9. The molecule has 0 unspecified atom stereocenters. The van der Waals surface area contributed by atoms with Crippen molar-refractivity contribution in [2.24, 2.45) is 0 Å². The van der Waals surface area contributed by atoms with Crippen LogP contribution < -0.4 is 4.90 Å². The molecule has 0 radical (unpaired) electrons. The van der Waals surface area contributed by atoms with Crippen LogP contribution in [0.15, 0.2) is 46.9 Å². The van der Waals surface area contributed by atoms with Gasteiger partial charge in [0.05, 0.1) is 5.02 Å². The number of carbonyl (C=O) groups is 2. The molecule has 7 heteroatoms. The molecule has 1 aliphatic heterocycles. The summed E-state index contributed by atoms with van der Waals surface area (Å²) in [4.78, 5) is 26.4. The highest BCUT2D eigenvalue weighted by Crippen LogP contribution is 2.32. The normalized spacial score (nSPS) is 19.8. The minimum absolute atomic E-state index is 0.00184. The van der Waals surface area contributed by atoms with Crippen LogP contribution in [-0.4, -0.2) is 28.9 Å². The maximum Gasteiger partial charge on any atom is 0.266 e. The molecule has 1 fully saturated rings. The molecule has 1 saturated heterocycles. The summed E-state index contributed by atoms with van der Waals surface area (Å²) in [6, 6.07) is 11.4. The maximum absolute atomic E-state index is 13.3. The second kappa shape index (κ2) is 7.47. The zero-order valence-corrected chi connectivity index (χ0v) is 16.1. The largest absolute Gasteiger partial charge is 0.373 e. The van der Waals surface area contributed by atoms with Crippen molar-refractivity contribution in [1.29, 1.82) is 0 Å². The molecule has 0 aromatic heterocycles. The van der Waals surface area contributed by atoms with Gasteiger partial charge in [-0.05, 0) is 42.3 Å². The number of benzene rings is 2. The van der Waals surface area contributed by atoms with Crippen LogP contribution in [0.5, 0.6) is 0 Å².